The van der Waals surface area contributed by atoms with E-state index in [9.17, 15) is 9.59 Å². The second kappa shape index (κ2) is 8.07. The van der Waals surface area contributed by atoms with Gasteiger partial charge < -0.3 is 9.15 Å². The first-order valence-electron chi connectivity index (χ1n) is 10.2. The third kappa shape index (κ3) is 3.29. The van der Waals surface area contributed by atoms with Crippen LogP contribution in [0.15, 0.2) is 57.2 Å². The fourth-order valence-corrected chi connectivity index (χ4v) is 4.74. The number of halogens is 1. The molecule has 5 rings (SSSR count). The van der Waals surface area contributed by atoms with E-state index >= 15 is 0 Å². The van der Waals surface area contributed by atoms with Gasteiger partial charge in [0.2, 0.25) is 5.76 Å². The number of hydrogen-bond acceptors (Lipinski definition) is 6. The summed E-state index contributed by atoms with van der Waals surface area (Å²) < 4.78 is 11.7. The maximum atomic E-state index is 13.6. The number of carbonyl (C=O) groups excluding carboxylic acids is 1. The number of ether oxygens (including phenoxy) is 1. The van der Waals surface area contributed by atoms with Gasteiger partial charge in [-0.2, -0.15) is 0 Å². The average molecular weight is 467 g/mol. The number of amides is 1. The van der Waals surface area contributed by atoms with Gasteiger partial charge in [0, 0.05) is 16.6 Å². The number of aryl methyl sites for hydroxylation is 1. The Morgan fingerprint density at radius 3 is 2.69 bits per heavy atom. The maximum Gasteiger partial charge on any atom is 0.297 e. The summed E-state index contributed by atoms with van der Waals surface area (Å²) in [5.74, 6) is 0.377. The molecule has 3 heterocycles. The van der Waals surface area contributed by atoms with Crippen LogP contribution in [0.25, 0.3) is 11.0 Å². The van der Waals surface area contributed by atoms with Crippen LogP contribution in [0.4, 0.5) is 5.13 Å². The summed E-state index contributed by atoms with van der Waals surface area (Å²) in [5, 5.41) is 3.11. The van der Waals surface area contributed by atoms with E-state index in [2.05, 4.69) is 4.98 Å². The van der Waals surface area contributed by atoms with Crippen molar-refractivity contribution in [2.75, 3.05) is 11.5 Å². The Labute approximate surface area is 193 Å². The van der Waals surface area contributed by atoms with Crippen molar-refractivity contribution < 1.29 is 13.9 Å². The maximum absolute atomic E-state index is 13.6. The third-order valence-electron chi connectivity index (χ3n) is 5.45. The molecule has 162 valence electrons. The van der Waals surface area contributed by atoms with Crippen molar-refractivity contribution in [3.63, 3.8) is 0 Å². The van der Waals surface area contributed by atoms with E-state index < -0.39 is 11.9 Å². The highest BCUT2D eigenvalue weighted by Gasteiger charge is 2.44. The number of thiazole rings is 1. The highest BCUT2D eigenvalue weighted by atomic mass is 35.5. The molecule has 1 atom stereocenters. The highest BCUT2D eigenvalue weighted by molar-refractivity contribution is 7.13. The van der Waals surface area contributed by atoms with Gasteiger partial charge in [0.1, 0.15) is 11.3 Å². The molecule has 2 aromatic carbocycles. The Bertz CT molecular complexity index is 1380. The molecule has 8 heteroatoms. The van der Waals surface area contributed by atoms with E-state index in [-0.39, 0.29) is 11.2 Å². The number of rotatable bonds is 5. The van der Waals surface area contributed by atoms with E-state index in [1.54, 1.807) is 23.7 Å². The average Bonchev–Trinajstić information content (AvgIpc) is 3.41. The zero-order valence-electron chi connectivity index (χ0n) is 17.4. The molecule has 1 aliphatic heterocycles. The zero-order chi connectivity index (χ0) is 22.4. The molecule has 32 heavy (non-hydrogen) atoms. The van der Waals surface area contributed by atoms with Crippen LogP contribution in [0.2, 0.25) is 5.02 Å². The monoisotopic (exact) mass is 466 g/mol. The molecule has 0 fully saturated rings. The second-order valence-electron chi connectivity index (χ2n) is 7.58. The van der Waals surface area contributed by atoms with Crippen molar-refractivity contribution in [1.82, 2.24) is 4.98 Å². The molecule has 0 saturated heterocycles. The number of aromatic nitrogens is 1. The minimum Gasteiger partial charge on any atom is -0.494 e. The van der Waals surface area contributed by atoms with Gasteiger partial charge in [0.15, 0.2) is 10.6 Å². The van der Waals surface area contributed by atoms with Crippen molar-refractivity contribution >= 4 is 44.9 Å². The van der Waals surface area contributed by atoms with Crippen LogP contribution in [0.5, 0.6) is 5.75 Å². The molecule has 6 nitrogen and oxygen atoms in total. The molecule has 0 aliphatic carbocycles. The smallest absolute Gasteiger partial charge is 0.297 e. The van der Waals surface area contributed by atoms with Gasteiger partial charge in [0.25, 0.3) is 5.91 Å². The van der Waals surface area contributed by atoms with Crippen LogP contribution in [-0.4, -0.2) is 17.5 Å². The SMILES string of the molecule is CCCOc1ccc(C2c3c(oc4cc(C)c(Cl)cc4c3=O)C(=O)N2c2nccs2)cc1. The van der Waals surface area contributed by atoms with E-state index in [1.165, 1.54) is 16.2 Å². The lowest BCUT2D eigenvalue weighted by Crippen LogP contribution is -2.29. The number of carbonyl (C=O) groups is 1. The Balaban J connectivity index is 1.72. The molecule has 0 spiro atoms. The van der Waals surface area contributed by atoms with Gasteiger partial charge in [0.05, 0.1) is 23.6 Å². The van der Waals surface area contributed by atoms with Gasteiger partial charge in [-0.05, 0) is 48.7 Å². The van der Waals surface area contributed by atoms with Gasteiger partial charge >= 0.3 is 0 Å². The quantitative estimate of drug-likeness (QED) is 0.374. The Morgan fingerprint density at radius 2 is 2.00 bits per heavy atom. The summed E-state index contributed by atoms with van der Waals surface area (Å²) in [6.45, 7) is 4.48. The summed E-state index contributed by atoms with van der Waals surface area (Å²) >= 11 is 7.61. The standard InChI is InChI=1S/C24H19ClN2O4S/c1-3-9-30-15-6-4-14(5-7-15)20-19-21(28)16-12-17(25)13(2)11-18(16)31-22(19)23(29)27(20)24-26-8-10-32-24/h4-8,10-12,20H,3,9H2,1-2H3. The minimum atomic E-state index is -0.662. The summed E-state index contributed by atoms with van der Waals surface area (Å²) in [6.07, 6.45) is 2.53. The Morgan fingerprint density at radius 1 is 1.22 bits per heavy atom. The fourth-order valence-electron chi connectivity index (χ4n) is 3.91. The fraction of sp³-hybridized carbons (Fsp3) is 0.208. The predicted molar refractivity (Wildman–Crippen MR) is 125 cm³/mol. The normalized spacial score (nSPS) is 15.4. The molecule has 0 N–H and O–H groups in total. The molecular weight excluding hydrogens is 448 g/mol. The predicted octanol–water partition coefficient (Wildman–Crippen LogP) is 5.75. The van der Waals surface area contributed by atoms with Crippen LogP contribution in [0, 0.1) is 6.92 Å². The van der Waals surface area contributed by atoms with Gasteiger partial charge in [-0.25, -0.2) is 4.98 Å². The largest absolute Gasteiger partial charge is 0.494 e. The first-order valence-corrected chi connectivity index (χ1v) is 11.5. The van der Waals surface area contributed by atoms with Crippen molar-refractivity contribution in [2.24, 2.45) is 0 Å². The molecular formula is C24H19ClN2O4S. The molecule has 1 aliphatic rings. The Kier molecular flexibility index (Phi) is 5.23. The van der Waals surface area contributed by atoms with Crippen molar-refractivity contribution in [1.29, 1.82) is 0 Å². The third-order valence-corrected chi connectivity index (χ3v) is 6.62. The number of nitrogens with zero attached hydrogens (tertiary/aromatic N) is 2. The van der Waals surface area contributed by atoms with Gasteiger partial charge in [-0.3, -0.25) is 14.5 Å². The van der Waals surface area contributed by atoms with E-state index in [0.717, 1.165) is 23.3 Å². The number of fused-ring (bicyclic) bond motifs is 2. The summed E-state index contributed by atoms with van der Waals surface area (Å²) in [7, 11) is 0. The van der Waals surface area contributed by atoms with E-state index in [0.29, 0.717) is 33.3 Å². The van der Waals surface area contributed by atoms with Crippen molar-refractivity contribution in [2.45, 2.75) is 26.3 Å². The molecule has 2 aromatic heterocycles. The second-order valence-corrected chi connectivity index (χ2v) is 8.86. The molecule has 0 bridgehead atoms. The Hall–Kier alpha value is -3.16. The lowest BCUT2D eigenvalue weighted by Gasteiger charge is -2.22. The first-order chi connectivity index (χ1) is 15.5. The topological polar surface area (TPSA) is 72.6 Å². The molecule has 0 saturated carbocycles. The number of benzene rings is 2. The van der Waals surface area contributed by atoms with Crippen LogP contribution in [-0.2, 0) is 0 Å². The summed E-state index contributed by atoms with van der Waals surface area (Å²) in [6, 6.07) is 10.0. The van der Waals surface area contributed by atoms with Crippen molar-refractivity contribution in [3.8, 4) is 5.75 Å². The van der Waals surface area contributed by atoms with Gasteiger partial charge in [-0.15, -0.1) is 11.3 Å². The number of hydrogen-bond donors (Lipinski definition) is 0. The van der Waals surface area contributed by atoms with Crippen LogP contribution in [0.1, 0.15) is 46.6 Å². The molecule has 0 radical (unpaired) electrons. The lowest BCUT2D eigenvalue weighted by atomic mass is 9.98. The summed E-state index contributed by atoms with van der Waals surface area (Å²) in [4.78, 5) is 32.9. The lowest BCUT2D eigenvalue weighted by molar-refractivity contribution is 0.0971. The van der Waals surface area contributed by atoms with Gasteiger partial charge in [-0.1, -0.05) is 30.7 Å². The molecule has 1 amide bonds. The minimum absolute atomic E-state index is 0.0377. The first kappa shape index (κ1) is 20.7. The number of anilines is 1. The van der Waals surface area contributed by atoms with Crippen LogP contribution >= 0.6 is 22.9 Å². The van der Waals surface area contributed by atoms with E-state index in [1.807, 2.05) is 38.1 Å². The van der Waals surface area contributed by atoms with Crippen LogP contribution < -0.4 is 15.1 Å². The van der Waals surface area contributed by atoms with Crippen molar-refractivity contribution in [3.05, 3.63) is 85.7 Å². The zero-order valence-corrected chi connectivity index (χ0v) is 19.0. The molecule has 4 aromatic rings. The summed E-state index contributed by atoms with van der Waals surface area (Å²) in [5.41, 5.74) is 1.89. The van der Waals surface area contributed by atoms with Crippen LogP contribution in [0.3, 0.4) is 0 Å². The molecule has 1 unspecified atom stereocenters. The van der Waals surface area contributed by atoms with E-state index in [4.69, 9.17) is 20.8 Å². The highest BCUT2D eigenvalue weighted by Crippen LogP contribution is 2.42.